The Morgan fingerprint density at radius 3 is 2.25 bits per heavy atom. The van der Waals surface area contributed by atoms with Gasteiger partial charge in [-0.25, -0.2) is 4.79 Å². The van der Waals surface area contributed by atoms with Crippen molar-refractivity contribution in [2.45, 2.75) is 69.9 Å². The summed E-state index contributed by atoms with van der Waals surface area (Å²) < 4.78 is 33.5. The van der Waals surface area contributed by atoms with Gasteiger partial charge in [0.25, 0.3) is 11.5 Å². The highest BCUT2D eigenvalue weighted by atomic mass is 19.4. The van der Waals surface area contributed by atoms with Crippen LogP contribution in [0.4, 0.5) is 13.2 Å². The molecule has 1 aromatic carbocycles. The van der Waals surface area contributed by atoms with Crippen molar-refractivity contribution < 1.29 is 27.9 Å². The number of alkyl halides is 3. The number of carboxylic acids is 1. The molecule has 7 nitrogen and oxygen atoms in total. The molecule has 174 valence electrons. The standard InChI is InChI=1S/C20H25N3O2.C2HF3O2/c1-12(2)23-18-6-4-3-5-13(18)9-17(20(23)25)19(24)22-16-10-14-7-8-15(11-16)21-14;3-2(4,5)1(6)7/h3-6,9,12,14-16,21H,7-8,10-11H2,1-2H3,(H,22,24);(H,6,7)/t14-,15+,16?;. The van der Waals surface area contributed by atoms with E-state index in [0.717, 1.165) is 23.7 Å². The zero-order chi connectivity index (χ0) is 23.6. The summed E-state index contributed by atoms with van der Waals surface area (Å²) in [6.07, 6.45) is -0.803. The third-order valence-electron chi connectivity index (χ3n) is 5.76. The lowest BCUT2D eigenvalue weighted by molar-refractivity contribution is -0.192. The first kappa shape index (κ1) is 23.8. The first-order valence-corrected chi connectivity index (χ1v) is 10.5. The van der Waals surface area contributed by atoms with Gasteiger partial charge in [0.05, 0.1) is 5.52 Å². The number of nitrogens with zero attached hydrogens (tertiary/aromatic N) is 1. The molecule has 0 saturated carbocycles. The number of aliphatic carboxylic acids is 1. The molecule has 10 heteroatoms. The second kappa shape index (κ2) is 9.32. The smallest absolute Gasteiger partial charge is 0.475 e. The minimum absolute atomic E-state index is 0.000116. The van der Waals surface area contributed by atoms with E-state index in [1.54, 1.807) is 10.6 Å². The predicted octanol–water partition coefficient (Wildman–Crippen LogP) is 3.23. The van der Waals surface area contributed by atoms with Gasteiger partial charge >= 0.3 is 12.1 Å². The minimum atomic E-state index is -5.08. The van der Waals surface area contributed by atoms with E-state index in [-0.39, 0.29) is 29.1 Å². The average molecular weight is 453 g/mol. The number of rotatable bonds is 3. The number of pyridine rings is 1. The summed E-state index contributed by atoms with van der Waals surface area (Å²) in [5.74, 6) is -3.00. The molecule has 2 fully saturated rings. The second-order valence-corrected chi connectivity index (χ2v) is 8.47. The van der Waals surface area contributed by atoms with E-state index in [1.165, 1.54) is 12.8 Å². The molecule has 2 bridgehead atoms. The molecule has 2 aliphatic rings. The number of carboxylic acid groups (broad SMARTS) is 1. The number of para-hydroxylation sites is 1. The highest BCUT2D eigenvalue weighted by molar-refractivity contribution is 5.97. The lowest BCUT2D eigenvalue weighted by Crippen LogP contribution is -2.48. The molecule has 1 aromatic heterocycles. The number of carbonyl (C=O) groups excluding carboxylic acids is 1. The summed E-state index contributed by atoms with van der Waals surface area (Å²) in [6, 6.07) is 10.7. The lowest BCUT2D eigenvalue weighted by atomic mass is 9.99. The molecule has 2 saturated heterocycles. The maximum absolute atomic E-state index is 12.9. The first-order chi connectivity index (χ1) is 15.0. The summed E-state index contributed by atoms with van der Waals surface area (Å²) in [4.78, 5) is 34.7. The van der Waals surface area contributed by atoms with E-state index < -0.39 is 12.1 Å². The SMILES string of the molecule is CC(C)n1c(=O)c(C(=O)NC2C[C@H]3CC[C@@H](C2)N3)cc2ccccc21.O=C(O)C(F)(F)F. The van der Waals surface area contributed by atoms with E-state index >= 15 is 0 Å². The zero-order valence-corrected chi connectivity index (χ0v) is 17.8. The first-order valence-electron chi connectivity index (χ1n) is 10.5. The maximum atomic E-state index is 12.9. The Morgan fingerprint density at radius 1 is 1.16 bits per heavy atom. The molecule has 4 rings (SSSR count). The average Bonchev–Trinajstić information content (AvgIpc) is 3.04. The number of amides is 1. The van der Waals surface area contributed by atoms with Gasteiger partial charge in [0, 0.05) is 24.2 Å². The van der Waals surface area contributed by atoms with E-state index in [4.69, 9.17) is 9.90 Å². The van der Waals surface area contributed by atoms with E-state index in [9.17, 15) is 22.8 Å². The molecule has 32 heavy (non-hydrogen) atoms. The fraction of sp³-hybridized carbons (Fsp3) is 0.500. The van der Waals surface area contributed by atoms with Gasteiger partial charge < -0.3 is 20.3 Å². The quantitative estimate of drug-likeness (QED) is 0.663. The van der Waals surface area contributed by atoms with Gasteiger partial charge in [-0.3, -0.25) is 9.59 Å². The zero-order valence-electron chi connectivity index (χ0n) is 17.8. The van der Waals surface area contributed by atoms with Crippen LogP contribution in [-0.4, -0.2) is 45.9 Å². The molecule has 2 aromatic rings. The van der Waals surface area contributed by atoms with Gasteiger partial charge in [0.2, 0.25) is 0 Å². The molecule has 3 heterocycles. The van der Waals surface area contributed by atoms with Crippen molar-refractivity contribution >= 4 is 22.8 Å². The number of nitrogens with one attached hydrogen (secondary N) is 2. The molecular weight excluding hydrogens is 427 g/mol. The molecule has 3 atom stereocenters. The summed E-state index contributed by atoms with van der Waals surface area (Å²) in [5, 5.41) is 14.7. The normalized spacial score (nSPS) is 22.4. The molecule has 2 aliphatic heterocycles. The fourth-order valence-electron chi connectivity index (χ4n) is 4.40. The molecule has 0 spiro atoms. The van der Waals surface area contributed by atoms with Gasteiger partial charge in [-0.15, -0.1) is 0 Å². The van der Waals surface area contributed by atoms with Crippen LogP contribution >= 0.6 is 0 Å². The van der Waals surface area contributed by atoms with Gasteiger partial charge in [0.15, 0.2) is 0 Å². The summed E-state index contributed by atoms with van der Waals surface area (Å²) >= 11 is 0. The van der Waals surface area contributed by atoms with Crippen molar-refractivity contribution in [1.82, 2.24) is 15.2 Å². The van der Waals surface area contributed by atoms with Crippen LogP contribution < -0.4 is 16.2 Å². The van der Waals surface area contributed by atoms with Crippen LogP contribution in [0.2, 0.25) is 0 Å². The van der Waals surface area contributed by atoms with Crippen molar-refractivity contribution in [3.8, 4) is 0 Å². The number of fused-ring (bicyclic) bond motifs is 3. The molecule has 3 N–H and O–H groups in total. The fourth-order valence-corrected chi connectivity index (χ4v) is 4.40. The van der Waals surface area contributed by atoms with Crippen LogP contribution in [0, 0.1) is 0 Å². The van der Waals surface area contributed by atoms with E-state index in [1.807, 2.05) is 38.1 Å². The summed E-state index contributed by atoms with van der Waals surface area (Å²) in [7, 11) is 0. The molecule has 1 unspecified atom stereocenters. The highest BCUT2D eigenvalue weighted by Gasteiger charge is 2.38. The van der Waals surface area contributed by atoms with Crippen molar-refractivity contribution in [3.05, 3.63) is 46.2 Å². The van der Waals surface area contributed by atoms with Crippen molar-refractivity contribution in [1.29, 1.82) is 0 Å². The number of benzene rings is 1. The number of hydrogen-bond acceptors (Lipinski definition) is 4. The van der Waals surface area contributed by atoms with Crippen LogP contribution in [0.15, 0.2) is 35.1 Å². The Morgan fingerprint density at radius 2 is 1.72 bits per heavy atom. The number of hydrogen-bond donors (Lipinski definition) is 3. The number of carbonyl (C=O) groups is 2. The topological polar surface area (TPSA) is 100 Å². The Bertz CT molecular complexity index is 1050. The summed E-state index contributed by atoms with van der Waals surface area (Å²) in [6.45, 7) is 3.94. The Kier molecular flexibility index (Phi) is 6.92. The van der Waals surface area contributed by atoms with Crippen molar-refractivity contribution in [3.63, 3.8) is 0 Å². The van der Waals surface area contributed by atoms with E-state index in [2.05, 4.69) is 10.6 Å². The Labute approximate surface area is 182 Å². The van der Waals surface area contributed by atoms with Crippen LogP contribution in [0.1, 0.15) is 55.9 Å². The molecule has 0 radical (unpaired) electrons. The largest absolute Gasteiger partial charge is 0.490 e. The van der Waals surface area contributed by atoms with Crippen LogP contribution in [0.5, 0.6) is 0 Å². The van der Waals surface area contributed by atoms with Gasteiger partial charge in [-0.1, -0.05) is 18.2 Å². The molecule has 1 amide bonds. The number of piperidine rings is 1. The predicted molar refractivity (Wildman–Crippen MR) is 113 cm³/mol. The second-order valence-electron chi connectivity index (χ2n) is 8.47. The minimum Gasteiger partial charge on any atom is -0.475 e. The lowest BCUT2D eigenvalue weighted by Gasteiger charge is -2.29. The van der Waals surface area contributed by atoms with Gasteiger partial charge in [-0.05, 0) is 57.0 Å². The van der Waals surface area contributed by atoms with Gasteiger partial charge in [0.1, 0.15) is 5.56 Å². The van der Waals surface area contributed by atoms with E-state index in [0.29, 0.717) is 12.1 Å². The van der Waals surface area contributed by atoms with Crippen molar-refractivity contribution in [2.75, 3.05) is 0 Å². The monoisotopic (exact) mass is 453 g/mol. The molecule has 0 aliphatic carbocycles. The van der Waals surface area contributed by atoms with Crippen LogP contribution in [-0.2, 0) is 4.79 Å². The third-order valence-corrected chi connectivity index (χ3v) is 5.76. The molecular formula is C22H26F3N3O4. The van der Waals surface area contributed by atoms with Crippen molar-refractivity contribution in [2.24, 2.45) is 0 Å². The summed E-state index contributed by atoms with van der Waals surface area (Å²) in [5.41, 5.74) is 0.917. The number of halogens is 3. The number of aromatic nitrogens is 1. The Balaban J connectivity index is 0.000000360. The van der Waals surface area contributed by atoms with Gasteiger partial charge in [-0.2, -0.15) is 13.2 Å². The van der Waals surface area contributed by atoms with Crippen LogP contribution in [0.3, 0.4) is 0 Å². The highest BCUT2D eigenvalue weighted by Crippen LogP contribution is 2.27. The Hall–Kier alpha value is -2.88. The van der Waals surface area contributed by atoms with Crippen LogP contribution in [0.25, 0.3) is 10.9 Å². The third kappa shape index (κ3) is 5.29. The maximum Gasteiger partial charge on any atom is 0.490 e.